The number of hydrogen-bond acceptors (Lipinski definition) is 2. The van der Waals surface area contributed by atoms with Crippen LogP contribution in [0.3, 0.4) is 0 Å². The van der Waals surface area contributed by atoms with E-state index in [1.54, 1.807) is 0 Å². The number of thiophene rings is 1. The predicted octanol–water partition coefficient (Wildman–Crippen LogP) is 9.58. The Bertz CT molecular complexity index is 849. The van der Waals surface area contributed by atoms with Gasteiger partial charge in [-0.05, 0) is 31.0 Å². The third kappa shape index (κ3) is 6.48. The van der Waals surface area contributed by atoms with Crippen LogP contribution >= 0.6 is 11.3 Å². The van der Waals surface area contributed by atoms with E-state index in [2.05, 4.69) is 61.2 Å². The van der Waals surface area contributed by atoms with Gasteiger partial charge in [-0.2, -0.15) is 0 Å². The van der Waals surface area contributed by atoms with E-state index in [9.17, 15) is 0 Å². The van der Waals surface area contributed by atoms with Crippen LogP contribution in [0.15, 0.2) is 42.5 Å². The molecule has 0 fully saturated rings. The quantitative estimate of drug-likeness (QED) is 0.220. The Kier molecular flexibility index (Phi) is 10.0. The molecule has 3 rings (SSSR count). The molecule has 0 atom stereocenters. The lowest BCUT2D eigenvalue weighted by atomic mass is 10.1. The molecule has 0 aliphatic carbocycles. The van der Waals surface area contributed by atoms with Crippen LogP contribution in [-0.2, 0) is 0 Å². The molecular formula is C28H41NS. The van der Waals surface area contributed by atoms with Crippen molar-refractivity contribution in [1.82, 2.24) is 0 Å². The summed E-state index contributed by atoms with van der Waals surface area (Å²) in [5.74, 6) is 0. The SMILES string of the molecule is CCCCCCCCN(CCCCCCCC)c1cccc2sc3ccccc3c12. The molecule has 3 aromatic rings. The average Bonchev–Trinajstić information content (AvgIpc) is 3.16. The summed E-state index contributed by atoms with van der Waals surface area (Å²) in [5.41, 5.74) is 1.46. The number of hydrogen-bond donors (Lipinski definition) is 0. The van der Waals surface area contributed by atoms with Crippen molar-refractivity contribution in [2.24, 2.45) is 0 Å². The first-order valence-electron chi connectivity index (χ1n) is 12.5. The Hall–Kier alpha value is -1.54. The van der Waals surface area contributed by atoms with Crippen molar-refractivity contribution in [3.63, 3.8) is 0 Å². The van der Waals surface area contributed by atoms with Crippen molar-refractivity contribution in [3.8, 4) is 0 Å². The van der Waals surface area contributed by atoms with Gasteiger partial charge in [-0.1, -0.05) is 102 Å². The zero-order chi connectivity index (χ0) is 21.0. The van der Waals surface area contributed by atoms with Crippen LogP contribution < -0.4 is 4.90 Å². The van der Waals surface area contributed by atoms with Gasteiger partial charge in [0, 0.05) is 38.9 Å². The van der Waals surface area contributed by atoms with Crippen molar-refractivity contribution in [2.45, 2.75) is 90.9 Å². The predicted molar refractivity (Wildman–Crippen MR) is 138 cm³/mol. The van der Waals surface area contributed by atoms with Crippen LogP contribution in [0.5, 0.6) is 0 Å². The van der Waals surface area contributed by atoms with E-state index < -0.39 is 0 Å². The third-order valence-electron chi connectivity index (χ3n) is 6.28. The number of benzene rings is 2. The van der Waals surface area contributed by atoms with Gasteiger partial charge in [0.25, 0.3) is 0 Å². The molecule has 0 aliphatic heterocycles. The average molecular weight is 424 g/mol. The number of nitrogens with zero attached hydrogens (tertiary/aromatic N) is 1. The first-order valence-corrected chi connectivity index (χ1v) is 13.3. The molecule has 0 saturated heterocycles. The first-order chi connectivity index (χ1) is 14.8. The van der Waals surface area contributed by atoms with Gasteiger partial charge in [0.15, 0.2) is 0 Å². The molecule has 0 saturated carbocycles. The fraction of sp³-hybridized carbons (Fsp3) is 0.571. The van der Waals surface area contributed by atoms with Gasteiger partial charge in [-0.15, -0.1) is 11.3 Å². The Morgan fingerprint density at radius 1 is 0.600 bits per heavy atom. The summed E-state index contributed by atoms with van der Waals surface area (Å²) < 4.78 is 2.85. The standard InChI is InChI=1S/C28H41NS/c1-3-5-7-9-11-15-22-29(23-16-12-10-8-6-4-2)25-19-17-21-27-28(25)24-18-13-14-20-26(24)30-27/h13-14,17-21H,3-12,15-16,22-23H2,1-2H3. The highest BCUT2D eigenvalue weighted by molar-refractivity contribution is 7.25. The molecule has 0 aliphatic rings. The molecule has 1 aromatic heterocycles. The van der Waals surface area contributed by atoms with Gasteiger partial charge in [0.1, 0.15) is 0 Å². The molecule has 30 heavy (non-hydrogen) atoms. The van der Waals surface area contributed by atoms with Crippen LogP contribution in [-0.4, -0.2) is 13.1 Å². The van der Waals surface area contributed by atoms with E-state index in [0.717, 1.165) is 0 Å². The second kappa shape index (κ2) is 13.0. The Balaban J connectivity index is 1.71. The van der Waals surface area contributed by atoms with E-state index in [0.29, 0.717) is 0 Å². The summed E-state index contributed by atoms with van der Waals surface area (Å²) in [4.78, 5) is 2.71. The molecule has 0 bridgehead atoms. The molecule has 0 unspecified atom stereocenters. The maximum absolute atomic E-state index is 2.71. The Morgan fingerprint density at radius 3 is 1.83 bits per heavy atom. The van der Waals surface area contributed by atoms with Crippen molar-refractivity contribution in [3.05, 3.63) is 42.5 Å². The lowest BCUT2D eigenvalue weighted by Crippen LogP contribution is -2.26. The normalized spacial score (nSPS) is 11.5. The molecule has 2 heteroatoms. The molecule has 1 nitrogen and oxygen atoms in total. The number of rotatable bonds is 15. The molecule has 2 aromatic carbocycles. The topological polar surface area (TPSA) is 3.24 Å². The fourth-order valence-corrected chi connectivity index (χ4v) is 5.66. The second-order valence-corrected chi connectivity index (χ2v) is 9.85. The van der Waals surface area contributed by atoms with Crippen molar-refractivity contribution >= 4 is 37.2 Å². The minimum absolute atomic E-state index is 1.20. The lowest BCUT2D eigenvalue weighted by molar-refractivity contribution is 0.575. The Morgan fingerprint density at radius 2 is 1.17 bits per heavy atom. The van der Waals surface area contributed by atoms with Crippen LogP contribution in [0.1, 0.15) is 90.9 Å². The summed E-state index contributed by atoms with van der Waals surface area (Å²) in [6.45, 7) is 7.00. The molecular weight excluding hydrogens is 382 g/mol. The highest BCUT2D eigenvalue weighted by atomic mass is 32.1. The van der Waals surface area contributed by atoms with E-state index >= 15 is 0 Å². The van der Waals surface area contributed by atoms with Crippen LogP contribution in [0, 0.1) is 0 Å². The number of fused-ring (bicyclic) bond motifs is 3. The first kappa shape index (κ1) is 23.1. The molecule has 0 amide bonds. The fourth-order valence-electron chi connectivity index (χ4n) is 4.54. The van der Waals surface area contributed by atoms with Crippen LogP contribution in [0.25, 0.3) is 20.2 Å². The summed E-state index contributed by atoms with van der Waals surface area (Å²) in [5, 5.41) is 2.92. The largest absolute Gasteiger partial charge is 0.371 e. The van der Waals surface area contributed by atoms with Gasteiger partial charge < -0.3 is 4.90 Å². The van der Waals surface area contributed by atoms with Crippen molar-refractivity contribution in [1.29, 1.82) is 0 Å². The third-order valence-corrected chi connectivity index (χ3v) is 7.42. The zero-order valence-corrected chi connectivity index (χ0v) is 20.1. The summed E-state index contributed by atoms with van der Waals surface area (Å²) >= 11 is 1.94. The molecule has 164 valence electrons. The lowest BCUT2D eigenvalue weighted by Gasteiger charge is -2.26. The molecule has 0 N–H and O–H groups in total. The minimum Gasteiger partial charge on any atom is -0.371 e. The van der Waals surface area contributed by atoms with Crippen molar-refractivity contribution in [2.75, 3.05) is 18.0 Å². The van der Waals surface area contributed by atoms with E-state index in [1.807, 2.05) is 11.3 Å². The second-order valence-electron chi connectivity index (χ2n) is 8.77. The molecule has 1 heterocycles. The number of unbranched alkanes of at least 4 members (excludes halogenated alkanes) is 10. The summed E-state index contributed by atoms with van der Waals surface area (Å²) in [7, 11) is 0. The molecule has 0 radical (unpaired) electrons. The number of anilines is 1. The summed E-state index contributed by atoms with van der Waals surface area (Å²) in [6.07, 6.45) is 16.4. The zero-order valence-electron chi connectivity index (χ0n) is 19.3. The van der Waals surface area contributed by atoms with Crippen LogP contribution in [0.4, 0.5) is 5.69 Å². The van der Waals surface area contributed by atoms with Gasteiger partial charge in [0.2, 0.25) is 0 Å². The van der Waals surface area contributed by atoms with E-state index in [4.69, 9.17) is 0 Å². The monoisotopic (exact) mass is 423 g/mol. The van der Waals surface area contributed by atoms with Gasteiger partial charge >= 0.3 is 0 Å². The van der Waals surface area contributed by atoms with Gasteiger partial charge in [-0.3, -0.25) is 0 Å². The highest BCUT2D eigenvalue weighted by Crippen LogP contribution is 2.39. The Labute approximate surface area is 188 Å². The summed E-state index contributed by atoms with van der Waals surface area (Å²) in [6, 6.07) is 15.9. The van der Waals surface area contributed by atoms with E-state index in [-0.39, 0.29) is 0 Å². The highest BCUT2D eigenvalue weighted by Gasteiger charge is 2.14. The van der Waals surface area contributed by atoms with Crippen molar-refractivity contribution < 1.29 is 0 Å². The maximum Gasteiger partial charge on any atom is 0.0460 e. The van der Waals surface area contributed by atoms with E-state index in [1.165, 1.54) is 116 Å². The van der Waals surface area contributed by atoms with Gasteiger partial charge in [-0.25, -0.2) is 0 Å². The van der Waals surface area contributed by atoms with Gasteiger partial charge in [0.05, 0.1) is 0 Å². The minimum atomic E-state index is 1.20. The smallest absolute Gasteiger partial charge is 0.0460 e. The van der Waals surface area contributed by atoms with Crippen LogP contribution in [0.2, 0.25) is 0 Å². The molecule has 0 spiro atoms. The maximum atomic E-state index is 2.71.